The topological polar surface area (TPSA) is 80.6 Å². The number of nitrogens with one attached hydrogen (secondary N) is 2. The maximum Gasteiger partial charge on any atom is 0.291 e. The number of carbonyl (C=O) groups is 2. The number of carbonyl (C=O) groups excluding carboxylic acids is 2. The summed E-state index contributed by atoms with van der Waals surface area (Å²) in [4.78, 5) is 22.8. The van der Waals surface area contributed by atoms with Crippen molar-refractivity contribution in [3.05, 3.63) is 42.2 Å². The minimum absolute atomic E-state index is 0.115. The van der Waals surface area contributed by atoms with Gasteiger partial charge in [-0.15, -0.1) is 0 Å². The monoisotopic (exact) mass is 274 g/mol. The zero-order chi connectivity index (χ0) is 14.5. The van der Waals surface area contributed by atoms with E-state index < -0.39 is 5.91 Å². The molecule has 0 saturated carbocycles. The molecule has 0 aliphatic heterocycles. The van der Waals surface area contributed by atoms with Gasteiger partial charge in [-0.25, -0.2) is 0 Å². The van der Waals surface area contributed by atoms with Crippen molar-refractivity contribution >= 4 is 23.4 Å². The Morgan fingerprint density at radius 1 is 1.05 bits per heavy atom. The quantitative estimate of drug-likeness (QED) is 0.897. The molecule has 0 spiro atoms. The third-order valence-electron chi connectivity index (χ3n) is 2.48. The summed E-state index contributed by atoms with van der Waals surface area (Å²) in [5.74, 6) is 0.393. The fourth-order valence-electron chi connectivity index (χ4n) is 1.57. The van der Waals surface area contributed by atoms with Gasteiger partial charge < -0.3 is 14.5 Å². The lowest BCUT2D eigenvalue weighted by molar-refractivity contribution is -0.114. The van der Waals surface area contributed by atoms with E-state index >= 15 is 0 Å². The molecule has 1 aromatic carbocycles. The molecule has 0 aliphatic carbocycles. The largest absolute Gasteiger partial charge is 0.497 e. The molecular weight excluding hydrogens is 260 g/mol. The van der Waals surface area contributed by atoms with Crippen LogP contribution < -0.4 is 15.4 Å². The summed E-state index contributed by atoms with van der Waals surface area (Å²) in [5.41, 5.74) is 0.619. The number of ether oxygens (including phenoxy) is 1. The van der Waals surface area contributed by atoms with Crippen molar-refractivity contribution in [1.29, 1.82) is 0 Å². The van der Waals surface area contributed by atoms with E-state index in [1.54, 1.807) is 31.4 Å². The van der Waals surface area contributed by atoms with Crippen molar-refractivity contribution in [2.24, 2.45) is 0 Å². The average Bonchev–Trinajstić information content (AvgIpc) is 2.87. The highest BCUT2D eigenvalue weighted by Crippen LogP contribution is 2.18. The Hall–Kier alpha value is -2.76. The normalized spacial score (nSPS) is 9.90. The number of amides is 2. The van der Waals surface area contributed by atoms with E-state index in [2.05, 4.69) is 10.6 Å². The second-order valence-electron chi connectivity index (χ2n) is 4.03. The zero-order valence-corrected chi connectivity index (χ0v) is 11.1. The summed E-state index contributed by atoms with van der Waals surface area (Å²) in [5, 5.41) is 5.13. The fourth-order valence-corrected chi connectivity index (χ4v) is 1.57. The van der Waals surface area contributed by atoms with Gasteiger partial charge in [0.2, 0.25) is 5.91 Å². The lowest BCUT2D eigenvalue weighted by atomic mass is 10.3. The SMILES string of the molecule is COc1ccc(NC(=O)c2ccc(NC(C)=O)o2)cc1. The van der Waals surface area contributed by atoms with Gasteiger partial charge in [0.25, 0.3) is 5.91 Å². The van der Waals surface area contributed by atoms with Crippen LogP contribution in [0.3, 0.4) is 0 Å². The average molecular weight is 274 g/mol. The van der Waals surface area contributed by atoms with Crippen LogP contribution in [-0.4, -0.2) is 18.9 Å². The maximum atomic E-state index is 11.9. The molecule has 0 unspecified atom stereocenters. The number of benzene rings is 1. The Balaban J connectivity index is 2.03. The molecule has 0 atom stereocenters. The second-order valence-corrected chi connectivity index (χ2v) is 4.03. The molecule has 0 fully saturated rings. The fraction of sp³-hybridized carbons (Fsp3) is 0.143. The minimum atomic E-state index is -0.397. The van der Waals surface area contributed by atoms with E-state index in [0.717, 1.165) is 0 Å². The van der Waals surface area contributed by atoms with Crippen molar-refractivity contribution in [3.8, 4) is 5.75 Å². The molecule has 20 heavy (non-hydrogen) atoms. The standard InChI is InChI=1S/C14H14N2O4/c1-9(17)15-13-8-7-12(20-13)14(18)16-10-3-5-11(19-2)6-4-10/h3-8H,1-2H3,(H,15,17)(H,16,18). The molecule has 6 nitrogen and oxygen atoms in total. The van der Waals surface area contributed by atoms with Gasteiger partial charge in [0, 0.05) is 18.7 Å². The minimum Gasteiger partial charge on any atom is -0.497 e. The van der Waals surface area contributed by atoms with Gasteiger partial charge in [0.1, 0.15) is 5.75 Å². The number of anilines is 2. The van der Waals surface area contributed by atoms with E-state index in [9.17, 15) is 9.59 Å². The lowest BCUT2D eigenvalue weighted by Gasteiger charge is -2.04. The van der Waals surface area contributed by atoms with Gasteiger partial charge >= 0.3 is 0 Å². The summed E-state index contributed by atoms with van der Waals surface area (Å²) < 4.78 is 10.2. The molecule has 2 rings (SSSR count). The third kappa shape index (κ3) is 3.38. The van der Waals surface area contributed by atoms with Gasteiger partial charge in [-0.2, -0.15) is 0 Å². The second kappa shape index (κ2) is 5.92. The van der Waals surface area contributed by atoms with E-state index in [1.165, 1.54) is 19.1 Å². The van der Waals surface area contributed by atoms with Crippen molar-refractivity contribution in [3.63, 3.8) is 0 Å². The Bertz CT molecular complexity index is 616. The summed E-state index contributed by atoms with van der Waals surface area (Å²) >= 11 is 0. The van der Waals surface area contributed by atoms with E-state index in [4.69, 9.17) is 9.15 Å². The van der Waals surface area contributed by atoms with Gasteiger partial charge in [-0.05, 0) is 30.3 Å². The molecule has 0 aliphatic rings. The summed E-state index contributed by atoms with van der Waals surface area (Å²) in [6.45, 7) is 1.36. The number of rotatable bonds is 4. The molecular formula is C14H14N2O4. The summed E-state index contributed by atoms with van der Waals surface area (Å²) in [6.07, 6.45) is 0. The van der Waals surface area contributed by atoms with Crippen LogP contribution in [-0.2, 0) is 4.79 Å². The first-order valence-electron chi connectivity index (χ1n) is 5.91. The van der Waals surface area contributed by atoms with Gasteiger partial charge in [0.05, 0.1) is 7.11 Å². The summed E-state index contributed by atoms with van der Waals surface area (Å²) in [6, 6.07) is 9.91. The Kier molecular flexibility index (Phi) is 4.05. The van der Waals surface area contributed by atoms with Crippen LogP contribution in [0.4, 0.5) is 11.6 Å². The lowest BCUT2D eigenvalue weighted by Crippen LogP contribution is -2.11. The van der Waals surface area contributed by atoms with Crippen molar-refractivity contribution < 1.29 is 18.7 Å². The van der Waals surface area contributed by atoms with Crippen LogP contribution in [0.25, 0.3) is 0 Å². The molecule has 0 bridgehead atoms. The van der Waals surface area contributed by atoms with E-state index in [1.807, 2.05) is 0 Å². The highest BCUT2D eigenvalue weighted by atomic mass is 16.5. The molecule has 2 N–H and O–H groups in total. The molecule has 6 heteroatoms. The van der Waals surface area contributed by atoms with Crippen LogP contribution in [0.5, 0.6) is 5.75 Å². The number of hydrogen-bond acceptors (Lipinski definition) is 4. The third-order valence-corrected chi connectivity index (χ3v) is 2.48. The molecule has 1 heterocycles. The van der Waals surface area contributed by atoms with Crippen LogP contribution in [0.1, 0.15) is 17.5 Å². The van der Waals surface area contributed by atoms with E-state index in [-0.39, 0.29) is 17.6 Å². The van der Waals surface area contributed by atoms with Crippen molar-refractivity contribution in [1.82, 2.24) is 0 Å². The molecule has 2 aromatic rings. The first-order chi connectivity index (χ1) is 9.58. The molecule has 0 saturated heterocycles. The molecule has 1 aromatic heterocycles. The first-order valence-corrected chi connectivity index (χ1v) is 5.91. The first kappa shape index (κ1) is 13.7. The Morgan fingerprint density at radius 2 is 1.75 bits per heavy atom. The number of furan rings is 1. The predicted molar refractivity (Wildman–Crippen MR) is 74.0 cm³/mol. The molecule has 2 amide bonds. The Labute approximate surface area is 115 Å². The van der Waals surface area contributed by atoms with Gasteiger partial charge in [-0.1, -0.05) is 0 Å². The maximum absolute atomic E-state index is 11.9. The van der Waals surface area contributed by atoms with Crippen molar-refractivity contribution in [2.45, 2.75) is 6.92 Å². The van der Waals surface area contributed by atoms with Crippen LogP contribution >= 0.6 is 0 Å². The number of methoxy groups -OCH3 is 1. The van der Waals surface area contributed by atoms with Crippen LogP contribution in [0.2, 0.25) is 0 Å². The van der Waals surface area contributed by atoms with Crippen LogP contribution in [0.15, 0.2) is 40.8 Å². The molecule has 0 radical (unpaired) electrons. The smallest absolute Gasteiger partial charge is 0.291 e. The predicted octanol–water partition coefficient (Wildman–Crippen LogP) is 2.50. The summed E-state index contributed by atoms with van der Waals surface area (Å²) in [7, 11) is 1.57. The van der Waals surface area contributed by atoms with Crippen LogP contribution in [0, 0.1) is 0 Å². The Morgan fingerprint density at radius 3 is 2.35 bits per heavy atom. The van der Waals surface area contributed by atoms with E-state index in [0.29, 0.717) is 11.4 Å². The molecule has 104 valence electrons. The highest BCUT2D eigenvalue weighted by Gasteiger charge is 2.12. The zero-order valence-electron chi connectivity index (χ0n) is 11.1. The van der Waals surface area contributed by atoms with Gasteiger partial charge in [-0.3, -0.25) is 14.9 Å². The highest BCUT2D eigenvalue weighted by molar-refractivity contribution is 6.02. The van der Waals surface area contributed by atoms with Gasteiger partial charge in [0.15, 0.2) is 11.6 Å². The van der Waals surface area contributed by atoms with Crippen molar-refractivity contribution in [2.75, 3.05) is 17.7 Å². The number of hydrogen-bond donors (Lipinski definition) is 2.